The average molecular weight is 263 g/mol. The fraction of sp³-hybridized carbons (Fsp3) is 0.231. The maximum atomic E-state index is 12.9. The normalized spacial score (nSPS) is 11.9. The molecule has 0 aliphatic heterocycles. The van der Waals surface area contributed by atoms with E-state index in [2.05, 4.69) is 15.5 Å². The predicted molar refractivity (Wildman–Crippen MR) is 67.0 cm³/mol. The first kappa shape index (κ1) is 13.1. The molecule has 6 heteroatoms. The Kier molecular flexibility index (Phi) is 4.12. The molecule has 1 aromatic heterocycles. The van der Waals surface area contributed by atoms with Crippen LogP contribution in [0.15, 0.2) is 36.7 Å². The fourth-order valence-electron chi connectivity index (χ4n) is 1.57. The summed E-state index contributed by atoms with van der Waals surface area (Å²) in [6.07, 6.45) is 3.34. The van der Waals surface area contributed by atoms with E-state index in [1.165, 1.54) is 18.2 Å². The second-order valence-electron chi connectivity index (χ2n) is 4.07. The van der Waals surface area contributed by atoms with Gasteiger partial charge in [0.1, 0.15) is 11.6 Å². The van der Waals surface area contributed by atoms with Crippen LogP contribution in [-0.2, 0) is 4.79 Å². The number of benzene rings is 1. The predicted octanol–water partition coefficient (Wildman–Crippen LogP) is 1.80. The van der Waals surface area contributed by atoms with Crippen LogP contribution in [0.2, 0.25) is 0 Å². The molecule has 1 amide bonds. The first-order chi connectivity index (χ1) is 9.15. The van der Waals surface area contributed by atoms with E-state index in [9.17, 15) is 9.18 Å². The van der Waals surface area contributed by atoms with Crippen molar-refractivity contribution in [2.24, 2.45) is 0 Å². The standard InChI is InChI=1S/C13H14FN3O2/c1-9(10-6-15-16-7-10)17-13(18)8-19-12-4-2-3-11(14)5-12/h2-7,9H,8H2,1H3,(H,15,16)(H,17,18). The van der Waals surface area contributed by atoms with Crippen molar-refractivity contribution in [1.82, 2.24) is 15.5 Å². The minimum atomic E-state index is -0.398. The summed E-state index contributed by atoms with van der Waals surface area (Å²) in [5.74, 6) is -0.353. The molecule has 0 saturated carbocycles. The van der Waals surface area contributed by atoms with Crippen molar-refractivity contribution in [1.29, 1.82) is 0 Å². The summed E-state index contributed by atoms with van der Waals surface area (Å²) in [5, 5.41) is 9.23. The number of H-pyrrole nitrogens is 1. The van der Waals surface area contributed by atoms with Crippen molar-refractivity contribution in [2.45, 2.75) is 13.0 Å². The number of rotatable bonds is 5. The Morgan fingerprint density at radius 3 is 3.11 bits per heavy atom. The lowest BCUT2D eigenvalue weighted by Crippen LogP contribution is -2.31. The number of nitrogens with zero attached hydrogens (tertiary/aromatic N) is 1. The zero-order valence-corrected chi connectivity index (χ0v) is 10.4. The highest BCUT2D eigenvalue weighted by molar-refractivity contribution is 5.77. The molecule has 0 radical (unpaired) electrons. The maximum Gasteiger partial charge on any atom is 0.258 e. The van der Waals surface area contributed by atoms with E-state index in [1.54, 1.807) is 18.5 Å². The summed E-state index contributed by atoms with van der Waals surface area (Å²) >= 11 is 0. The van der Waals surface area contributed by atoms with E-state index in [4.69, 9.17) is 4.74 Å². The largest absolute Gasteiger partial charge is 0.484 e. The number of nitrogens with one attached hydrogen (secondary N) is 2. The van der Waals surface area contributed by atoms with Crippen molar-refractivity contribution in [2.75, 3.05) is 6.61 Å². The smallest absolute Gasteiger partial charge is 0.258 e. The third kappa shape index (κ3) is 3.80. The van der Waals surface area contributed by atoms with Crippen LogP contribution in [0.4, 0.5) is 4.39 Å². The molecule has 2 N–H and O–H groups in total. The van der Waals surface area contributed by atoms with Gasteiger partial charge in [0.05, 0.1) is 12.2 Å². The quantitative estimate of drug-likeness (QED) is 0.864. The van der Waals surface area contributed by atoms with E-state index in [0.717, 1.165) is 5.56 Å². The Morgan fingerprint density at radius 2 is 2.42 bits per heavy atom. The topological polar surface area (TPSA) is 67.0 Å². The number of aromatic nitrogens is 2. The van der Waals surface area contributed by atoms with Gasteiger partial charge in [0, 0.05) is 17.8 Å². The van der Waals surface area contributed by atoms with Gasteiger partial charge < -0.3 is 10.1 Å². The van der Waals surface area contributed by atoms with Gasteiger partial charge in [0.25, 0.3) is 5.91 Å². The van der Waals surface area contributed by atoms with Crippen molar-refractivity contribution < 1.29 is 13.9 Å². The molecule has 5 nitrogen and oxygen atoms in total. The molecular weight excluding hydrogens is 249 g/mol. The number of ether oxygens (including phenoxy) is 1. The number of carbonyl (C=O) groups excluding carboxylic acids is 1. The number of amides is 1. The van der Waals surface area contributed by atoms with E-state index in [1.807, 2.05) is 6.92 Å². The maximum absolute atomic E-state index is 12.9. The first-order valence-corrected chi connectivity index (χ1v) is 5.81. The first-order valence-electron chi connectivity index (χ1n) is 5.81. The SMILES string of the molecule is CC(NC(=O)COc1cccc(F)c1)c1cn[nH]c1. The molecule has 0 aliphatic carbocycles. The summed E-state index contributed by atoms with van der Waals surface area (Å²) in [6, 6.07) is 5.50. The highest BCUT2D eigenvalue weighted by Crippen LogP contribution is 2.12. The lowest BCUT2D eigenvalue weighted by molar-refractivity contribution is -0.123. The molecule has 2 aromatic rings. The van der Waals surface area contributed by atoms with Crippen LogP contribution >= 0.6 is 0 Å². The van der Waals surface area contributed by atoms with Gasteiger partial charge in [-0.05, 0) is 19.1 Å². The van der Waals surface area contributed by atoms with Crippen molar-refractivity contribution in [3.8, 4) is 5.75 Å². The van der Waals surface area contributed by atoms with Gasteiger partial charge in [-0.25, -0.2) is 4.39 Å². The van der Waals surface area contributed by atoms with Gasteiger partial charge >= 0.3 is 0 Å². The molecule has 1 heterocycles. The van der Waals surface area contributed by atoms with E-state index in [-0.39, 0.29) is 18.6 Å². The third-order valence-corrected chi connectivity index (χ3v) is 2.56. The van der Waals surface area contributed by atoms with Gasteiger partial charge in [-0.3, -0.25) is 9.89 Å². The Hall–Kier alpha value is -2.37. The number of halogens is 1. The van der Waals surface area contributed by atoms with Gasteiger partial charge in [-0.1, -0.05) is 6.07 Å². The summed E-state index contributed by atoms with van der Waals surface area (Å²) in [7, 11) is 0. The minimum absolute atomic E-state index is 0.161. The summed E-state index contributed by atoms with van der Waals surface area (Å²) < 4.78 is 18.1. The summed E-state index contributed by atoms with van der Waals surface area (Å²) in [6.45, 7) is 1.68. The monoisotopic (exact) mass is 263 g/mol. The molecule has 0 spiro atoms. The molecular formula is C13H14FN3O2. The van der Waals surface area contributed by atoms with E-state index in [0.29, 0.717) is 5.75 Å². The highest BCUT2D eigenvalue weighted by atomic mass is 19.1. The van der Waals surface area contributed by atoms with Crippen LogP contribution < -0.4 is 10.1 Å². The second-order valence-corrected chi connectivity index (χ2v) is 4.07. The van der Waals surface area contributed by atoms with Gasteiger partial charge in [0.2, 0.25) is 0 Å². The van der Waals surface area contributed by atoms with Gasteiger partial charge in [0.15, 0.2) is 6.61 Å². The number of aromatic amines is 1. The van der Waals surface area contributed by atoms with Crippen molar-refractivity contribution in [3.05, 3.63) is 48.0 Å². The van der Waals surface area contributed by atoms with Crippen LogP contribution in [0, 0.1) is 5.82 Å². The third-order valence-electron chi connectivity index (χ3n) is 2.56. The Labute approximate surface area is 109 Å². The lowest BCUT2D eigenvalue weighted by Gasteiger charge is -2.12. The highest BCUT2D eigenvalue weighted by Gasteiger charge is 2.10. The number of hydrogen-bond acceptors (Lipinski definition) is 3. The molecule has 100 valence electrons. The molecule has 0 saturated heterocycles. The van der Waals surface area contributed by atoms with Crippen molar-refractivity contribution >= 4 is 5.91 Å². The van der Waals surface area contributed by atoms with Crippen LogP contribution in [0.1, 0.15) is 18.5 Å². The fourth-order valence-corrected chi connectivity index (χ4v) is 1.57. The Morgan fingerprint density at radius 1 is 1.58 bits per heavy atom. The average Bonchev–Trinajstić information content (AvgIpc) is 2.90. The molecule has 1 atom stereocenters. The van der Waals surface area contributed by atoms with Crippen LogP contribution in [0.3, 0.4) is 0 Å². The molecule has 0 aliphatic rings. The minimum Gasteiger partial charge on any atom is -0.484 e. The Balaban J connectivity index is 1.82. The molecule has 19 heavy (non-hydrogen) atoms. The van der Waals surface area contributed by atoms with Crippen LogP contribution in [0.5, 0.6) is 5.75 Å². The van der Waals surface area contributed by atoms with Crippen LogP contribution in [0.25, 0.3) is 0 Å². The van der Waals surface area contributed by atoms with Crippen molar-refractivity contribution in [3.63, 3.8) is 0 Å². The van der Waals surface area contributed by atoms with Gasteiger partial charge in [-0.15, -0.1) is 0 Å². The summed E-state index contributed by atoms with van der Waals surface area (Å²) in [5.41, 5.74) is 0.874. The second kappa shape index (κ2) is 5.99. The zero-order chi connectivity index (χ0) is 13.7. The van der Waals surface area contributed by atoms with Crippen LogP contribution in [-0.4, -0.2) is 22.7 Å². The molecule has 1 aromatic carbocycles. The van der Waals surface area contributed by atoms with E-state index < -0.39 is 5.82 Å². The zero-order valence-electron chi connectivity index (χ0n) is 10.4. The lowest BCUT2D eigenvalue weighted by atomic mass is 10.2. The summed E-state index contributed by atoms with van der Waals surface area (Å²) in [4.78, 5) is 11.6. The van der Waals surface area contributed by atoms with Gasteiger partial charge in [-0.2, -0.15) is 5.10 Å². The molecule has 0 bridgehead atoms. The molecule has 0 fully saturated rings. The number of hydrogen-bond donors (Lipinski definition) is 2. The van der Waals surface area contributed by atoms with E-state index >= 15 is 0 Å². The molecule has 2 rings (SSSR count). The molecule has 1 unspecified atom stereocenters. The Bertz CT molecular complexity index is 543. The number of carbonyl (C=O) groups is 1.